The normalized spacial score (nSPS) is 12.0. The maximum atomic E-state index is 12.8. The highest BCUT2D eigenvalue weighted by molar-refractivity contribution is 6.00. The van der Waals surface area contributed by atoms with Gasteiger partial charge in [-0.1, -0.05) is 47.2 Å². The number of aromatic nitrogens is 5. The summed E-state index contributed by atoms with van der Waals surface area (Å²) in [4.78, 5) is 12.8. The molecule has 1 aromatic carbocycles. The van der Waals surface area contributed by atoms with Crippen LogP contribution in [0.1, 0.15) is 38.2 Å². The van der Waals surface area contributed by atoms with Gasteiger partial charge in [-0.3, -0.25) is 4.79 Å². The van der Waals surface area contributed by atoms with Crippen molar-refractivity contribution in [2.24, 2.45) is 5.10 Å². The Hall–Kier alpha value is -4.08. The number of hydrazone groups is 1. The molecule has 0 spiro atoms. The molecule has 10 nitrogen and oxygen atoms in total. The van der Waals surface area contributed by atoms with Crippen LogP contribution in [-0.4, -0.2) is 36.9 Å². The van der Waals surface area contributed by atoms with Crippen LogP contribution in [-0.2, 0) is 0 Å². The monoisotopic (exact) mass is 406 g/mol. The van der Waals surface area contributed by atoms with Crippen molar-refractivity contribution >= 4 is 17.4 Å². The molecule has 0 saturated heterocycles. The fraction of sp³-hybridized carbons (Fsp3) is 0.200. The third kappa shape index (κ3) is 4.66. The van der Waals surface area contributed by atoms with Crippen LogP contribution < -0.4 is 11.2 Å². The molecule has 0 saturated carbocycles. The topological polar surface area (TPSA) is 137 Å². The van der Waals surface area contributed by atoms with Gasteiger partial charge in [0.1, 0.15) is 5.69 Å². The predicted octanol–water partition coefficient (Wildman–Crippen LogP) is 2.92. The van der Waals surface area contributed by atoms with Crippen molar-refractivity contribution < 1.29 is 9.42 Å². The third-order valence-corrected chi connectivity index (χ3v) is 3.92. The number of anilines is 1. The lowest BCUT2D eigenvalue weighted by atomic mass is 10.1. The van der Waals surface area contributed by atoms with E-state index in [1.807, 2.05) is 63.3 Å². The van der Waals surface area contributed by atoms with Gasteiger partial charge in [-0.15, -0.1) is 5.10 Å². The highest BCUT2D eigenvalue weighted by Crippen LogP contribution is 2.26. The van der Waals surface area contributed by atoms with Crippen molar-refractivity contribution in [1.29, 1.82) is 0 Å². The van der Waals surface area contributed by atoms with Crippen LogP contribution in [0.3, 0.4) is 0 Å². The van der Waals surface area contributed by atoms with E-state index >= 15 is 0 Å². The average molecular weight is 406 g/mol. The first-order valence-electron chi connectivity index (χ1n) is 9.14. The number of amides is 1. The molecule has 154 valence electrons. The van der Waals surface area contributed by atoms with Crippen LogP contribution in [0.15, 0.2) is 63.4 Å². The molecule has 3 N–H and O–H groups in total. The highest BCUT2D eigenvalue weighted by atomic mass is 16.6. The number of hydrogen-bond acceptors (Lipinski definition) is 8. The van der Waals surface area contributed by atoms with Gasteiger partial charge in [0.2, 0.25) is 11.6 Å². The molecule has 0 aliphatic rings. The quantitative estimate of drug-likeness (QED) is 0.365. The number of nitrogens with zero attached hydrogens (tertiary/aromatic N) is 6. The summed E-state index contributed by atoms with van der Waals surface area (Å²) in [6, 6.07) is 9.15. The van der Waals surface area contributed by atoms with E-state index in [0.717, 1.165) is 5.57 Å². The Bertz CT molecular complexity index is 1130. The Labute approximate surface area is 173 Å². The maximum absolute atomic E-state index is 12.8. The van der Waals surface area contributed by atoms with Crippen LogP contribution in [0.4, 0.5) is 5.82 Å². The molecule has 0 aliphatic heterocycles. The number of nitrogens with two attached hydrogens (primary N) is 1. The molecule has 0 unspecified atom stereocenters. The van der Waals surface area contributed by atoms with E-state index in [2.05, 4.69) is 35.8 Å². The molecule has 2 aromatic heterocycles. The number of rotatable bonds is 6. The third-order valence-electron chi connectivity index (χ3n) is 3.92. The van der Waals surface area contributed by atoms with Gasteiger partial charge >= 0.3 is 0 Å². The first-order valence-corrected chi connectivity index (χ1v) is 9.14. The van der Waals surface area contributed by atoms with Gasteiger partial charge in [0, 0.05) is 5.56 Å². The zero-order valence-electron chi connectivity index (χ0n) is 17.1. The van der Waals surface area contributed by atoms with Gasteiger partial charge in [-0.2, -0.15) is 9.78 Å². The molecule has 3 aromatic rings. The first-order chi connectivity index (χ1) is 14.4. The smallest absolute Gasteiger partial charge is 0.294 e. The minimum Gasteiger partial charge on any atom is -0.378 e. The second-order valence-corrected chi connectivity index (χ2v) is 6.84. The molecule has 2 heterocycles. The largest absolute Gasteiger partial charge is 0.378 e. The Balaban J connectivity index is 1.95. The first kappa shape index (κ1) is 20.6. The van der Waals surface area contributed by atoms with Gasteiger partial charge in [0.25, 0.3) is 5.91 Å². The second-order valence-electron chi connectivity index (χ2n) is 6.84. The van der Waals surface area contributed by atoms with Crippen molar-refractivity contribution in [3.8, 4) is 17.1 Å². The molecule has 3 rings (SSSR count). The molecular formula is C20H22N8O2. The lowest BCUT2D eigenvalue weighted by Crippen LogP contribution is -2.20. The number of carbonyl (C=O) groups is 1. The van der Waals surface area contributed by atoms with Crippen molar-refractivity contribution in [1.82, 2.24) is 30.7 Å². The SMILES string of the molecule is CC(C)=CC(C)=CC(C)=NNC(=O)c1nnn(-c2nonc2N)c1-c1ccccc1. The Morgan fingerprint density at radius 2 is 1.87 bits per heavy atom. The minimum atomic E-state index is -0.525. The average Bonchev–Trinajstić information content (AvgIpc) is 3.32. The Morgan fingerprint density at radius 1 is 1.13 bits per heavy atom. The van der Waals surface area contributed by atoms with Gasteiger partial charge in [0.05, 0.1) is 5.71 Å². The number of allylic oxidation sites excluding steroid dienone is 4. The number of benzene rings is 1. The molecule has 30 heavy (non-hydrogen) atoms. The van der Waals surface area contributed by atoms with E-state index in [4.69, 9.17) is 5.73 Å². The van der Waals surface area contributed by atoms with Gasteiger partial charge in [0.15, 0.2) is 5.69 Å². The van der Waals surface area contributed by atoms with E-state index in [1.54, 1.807) is 6.92 Å². The van der Waals surface area contributed by atoms with E-state index in [9.17, 15) is 4.79 Å². The maximum Gasteiger partial charge on any atom is 0.294 e. The van der Waals surface area contributed by atoms with Gasteiger partial charge in [-0.25, -0.2) is 10.1 Å². The summed E-state index contributed by atoms with van der Waals surface area (Å²) in [5.41, 5.74) is 12.3. The van der Waals surface area contributed by atoms with E-state index < -0.39 is 5.91 Å². The standard InChI is InChI=1S/C20H22N8O2/c1-12(2)10-13(3)11-14(4)22-24-20(29)16-17(15-8-6-5-7-9-15)28(27-23-16)19-18(21)25-30-26-19/h5-11H,1-4H3,(H2,21,25)(H,24,29). The summed E-state index contributed by atoms with van der Waals surface area (Å²) in [6.07, 6.45) is 3.89. The van der Waals surface area contributed by atoms with Crippen molar-refractivity contribution in [2.45, 2.75) is 27.7 Å². The van der Waals surface area contributed by atoms with Crippen molar-refractivity contribution in [3.63, 3.8) is 0 Å². The van der Waals surface area contributed by atoms with Crippen LogP contribution in [0.5, 0.6) is 0 Å². The summed E-state index contributed by atoms with van der Waals surface area (Å²) in [7, 11) is 0. The molecule has 0 radical (unpaired) electrons. The molecule has 0 fully saturated rings. The summed E-state index contributed by atoms with van der Waals surface area (Å²) < 4.78 is 5.97. The Morgan fingerprint density at radius 3 is 2.50 bits per heavy atom. The minimum absolute atomic E-state index is 0.0257. The number of nitrogens with one attached hydrogen (secondary N) is 1. The Kier molecular flexibility index (Phi) is 6.16. The lowest BCUT2D eigenvalue weighted by molar-refractivity contribution is 0.0950. The zero-order valence-corrected chi connectivity index (χ0v) is 17.1. The van der Waals surface area contributed by atoms with E-state index in [0.29, 0.717) is 17.0 Å². The van der Waals surface area contributed by atoms with Crippen LogP contribution in [0, 0.1) is 0 Å². The van der Waals surface area contributed by atoms with E-state index in [1.165, 1.54) is 10.3 Å². The summed E-state index contributed by atoms with van der Waals surface area (Å²) in [5.74, 6) is -0.360. The lowest BCUT2D eigenvalue weighted by Gasteiger charge is -2.05. The molecule has 0 aliphatic carbocycles. The second kappa shape index (κ2) is 8.95. The van der Waals surface area contributed by atoms with Crippen molar-refractivity contribution in [3.05, 3.63) is 59.3 Å². The highest BCUT2D eigenvalue weighted by Gasteiger charge is 2.25. The van der Waals surface area contributed by atoms with Crippen LogP contribution >= 0.6 is 0 Å². The molecule has 0 atom stereocenters. The summed E-state index contributed by atoms with van der Waals surface area (Å²) >= 11 is 0. The number of carbonyl (C=O) groups excluding carboxylic acids is 1. The fourth-order valence-electron chi connectivity index (χ4n) is 2.83. The molecule has 10 heteroatoms. The zero-order chi connectivity index (χ0) is 21.7. The van der Waals surface area contributed by atoms with Gasteiger partial charge in [-0.05, 0) is 49.7 Å². The number of nitrogen functional groups attached to an aromatic ring is 1. The molecular weight excluding hydrogens is 384 g/mol. The summed E-state index contributed by atoms with van der Waals surface area (Å²) in [5, 5.41) is 19.5. The van der Waals surface area contributed by atoms with Gasteiger partial charge < -0.3 is 5.73 Å². The van der Waals surface area contributed by atoms with Crippen molar-refractivity contribution in [2.75, 3.05) is 5.73 Å². The van der Waals surface area contributed by atoms with E-state index in [-0.39, 0.29) is 17.3 Å². The van der Waals surface area contributed by atoms with Crippen LogP contribution in [0.2, 0.25) is 0 Å². The number of hydrogen-bond donors (Lipinski definition) is 2. The fourth-order valence-corrected chi connectivity index (χ4v) is 2.83. The predicted molar refractivity (Wildman–Crippen MR) is 113 cm³/mol. The summed E-state index contributed by atoms with van der Waals surface area (Å²) in [6.45, 7) is 7.77. The molecule has 1 amide bonds. The van der Waals surface area contributed by atoms with Crippen LogP contribution in [0.25, 0.3) is 17.1 Å². The molecule has 0 bridgehead atoms.